The number of hydrogen-bond acceptors (Lipinski definition) is 4. The molecule has 0 radical (unpaired) electrons. The molecule has 0 atom stereocenters. The van der Waals surface area contributed by atoms with Crippen LogP contribution in [-0.2, 0) is 0 Å². The molecule has 150 valence electrons. The van der Waals surface area contributed by atoms with Crippen LogP contribution in [0.3, 0.4) is 0 Å². The number of halogens is 1. The number of hydrogen-bond donors (Lipinski definition) is 2. The zero-order chi connectivity index (χ0) is 21.1. The normalized spacial score (nSPS) is 10.6. The summed E-state index contributed by atoms with van der Waals surface area (Å²) in [6, 6.07) is 16.3. The molecule has 0 fully saturated rings. The van der Waals surface area contributed by atoms with E-state index in [0.717, 1.165) is 4.88 Å². The summed E-state index contributed by atoms with van der Waals surface area (Å²) in [7, 11) is 1.55. The van der Waals surface area contributed by atoms with Crippen molar-refractivity contribution in [1.82, 2.24) is 15.1 Å². The molecule has 0 aliphatic rings. The smallest absolute Gasteiger partial charge is 0.259 e. The Morgan fingerprint density at radius 1 is 1.03 bits per heavy atom. The van der Waals surface area contributed by atoms with Crippen molar-refractivity contribution in [2.45, 2.75) is 0 Å². The summed E-state index contributed by atoms with van der Waals surface area (Å²) in [6.45, 7) is 0. The van der Waals surface area contributed by atoms with E-state index in [1.54, 1.807) is 54.3 Å². The van der Waals surface area contributed by atoms with Crippen LogP contribution in [0.1, 0.15) is 20.7 Å². The van der Waals surface area contributed by atoms with E-state index >= 15 is 0 Å². The summed E-state index contributed by atoms with van der Waals surface area (Å²) in [6.07, 6.45) is 1.61. The van der Waals surface area contributed by atoms with Crippen LogP contribution in [0.4, 0.5) is 10.1 Å². The molecule has 0 saturated carbocycles. The highest BCUT2D eigenvalue weighted by atomic mass is 32.1. The third kappa shape index (κ3) is 3.99. The van der Waals surface area contributed by atoms with E-state index in [9.17, 15) is 14.0 Å². The summed E-state index contributed by atoms with van der Waals surface area (Å²) in [5, 5.41) is 11.8. The van der Waals surface area contributed by atoms with Crippen LogP contribution in [0.5, 0.6) is 0 Å². The molecule has 0 spiro atoms. The Balaban J connectivity index is 1.69. The second kappa shape index (κ2) is 8.30. The first-order valence-electron chi connectivity index (χ1n) is 9.08. The van der Waals surface area contributed by atoms with Crippen LogP contribution in [0.2, 0.25) is 0 Å². The molecule has 0 aliphatic carbocycles. The largest absolute Gasteiger partial charge is 0.355 e. The minimum atomic E-state index is -0.360. The Kier molecular flexibility index (Phi) is 5.40. The first-order valence-corrected chi connectivity index (χ1v) is 9.96. The van der Waals surface area contributed by atoms with E-state index in [1.165, 1.54) is 23.5 Å². The number of amides is 2. The Labute approximate surface area is 176 Å². The second-order valence-electron chi connectivity index (χ2n) is 6.40. The molecular formula is C22H17FN4O2S. The monoisotopic (exact) mass is 420 g/mol. The third-order valence-electron chi connectivity index (χ3n) is 4.41. The molecule has 6 nitrogen and oxygen atoms in total. The van der Waals surface area contributed by atoms with Crippen molar-refractivity contribution in [1.29, 1.82) is 0 Å². The van der Waals surface area contributed by atoms with Gasteiger partial charge in [-0.2, -0.15) is 5.10 Å². The van der Waals surface area contributed by atoms with E-state index in [0.29, 0.717) is 28.2 Å². The van der Waals surface area contributed by atoms with Crippen LogP contribution < -0.4 is 10.6 Å². The van der Waals surface area contributed by atoms with Crippen molar-refractivity contribution >= 4 is 28.8 Å². The number of rotatable bonds is 5. The van der Waals surface area contributed by atoms with Gasteiger partial charge in [0.2, 0.25) is 0 Å². The quantitative estimate of drug-likeness (QED) is 0.504. The number of benzene rings is 2. The fourth-order valence-electron chi connectivity index (χ4n) is 2.94. The number of anilines is 1. The maximum atomic E-state index is 13.3. The molecule has 8 heteroatoms. The van der Waals surface area contributed by atoms with Gasteiger partial charge in [-0.3, -0.25) is 9.59 Å². The van der Waals surface area contributed by atoms with Crippen LogP contribution in [0, 0.1) is 5.82 Å². The number of nitrogens with one attached hydrogen (secondary N) is 2. The van der Waals surface area contributed by atoms with E-state index in [-0.39, 0.29) is 17.6 Å². The highest BCUT2D eigenvalue weighted by Gasteiger charge is 2.20. The van der Waals surface area contributed by atoms with Gasteiger partial charge >= 0.3 is 0 Å². The van der Waals surface area contributed by atoms with Gasteiger partial charge in [0.05, 0.1) is 16.1 Å². The molecule has 0 aliphatic heterocycles. The van der Waals surface area contributed by atoms with E-state index in [4.69, 9.17) is 0 Å². The van der Waals surface area contributed by atoms with Crippen molar-refractivity contribution in [3.8, 4) is 16.3 Å². The van der Waals surface area contributed by atoms with Gasteiger partial charge in [0.15, 0.2) is 0 Å². The summed E-state index contributed by atoms with van der Waals surface area (Å²) in [5.74, 6) is -0.950. The third-order valence-corrected chi connectivity index (χ3v) is 5.29. The lowest BCUT2D eigenvalue weighted by Crippen LogP contribution is -2.18. The summed E-state index contributed by atoms with van der Waals surface area (Å²) in [5.41, 5.74) is 2.46. The fourth-order valence-corrected chi connectivity index (χ4v) is 3.67. The van der Waals surface area contributed by atoms with Crippen LogP contribution >= 0.6 is 11.3 Å². The number of aromatic nitrogens is 2. The molecule has 4 aromatic rings. The van der Waals surface area contributed by atoms with Gasteiger partial charge < -0.3 is 10.6 Å². The molecule has 2 N–H and O–H groups in total. The molecule has 30 heavy (non-hydrogen) atoms. The maximum Gasteiger partial charge on any atom is 0.259 e. The average molecular weight is 420 g/mol. The first-order chi connectivity index (χ1) is 14.5. The molecule has 2 aromatic carbocycles. The number of carbonyl (C=O) groups is 2. The molecule has 4 rings (SSSR count). The molecule has 2 amide bonds. The van der Waals surface area contributed by atoms with Crippen LogP contribution in [-0.4, -0.2) is 28.6 Å². The van der Waals surface area contributed by atoms with E-state index in [1.807, 2.05) is 17.5 Å². The minimum Gasteiger partial charge on any atom is -0.355 e. The van der Waals surface area contributed by atoms with Gasteiger partial charge in [-0.25, -0.2) is 9.07 Å². The summed E-state index contributed by atoms with van der Waals surface area (Å²) in [4.78, 5) is 25.7. The zero-order valence-electron chi connectivity index (χ0n) is 15.9. The van der Waals surface area contributed by atoms with Crippen LogP contribution in [0.25, 0.3) is 16.3 Å². The van der Waals surface area contributed by atoms with Gasteiger partial charge in [0, 0.05) is 24.5 Å². The van der Waals surface area contributed by atoms with Crippen molar-refractivity contribution < 1.29 is 14.0 Å². The molecule has 2 heterocycles. The highest BCUT2D eigenvalue weighted by molar-refractivity contribution is 7.13. The number of thiophene rings is 1. The van der Waals surface area contributed by atoms with Crippen molar-refractivity contribution in [2.24, 2.45) is 0 Å². The topological polar surface area (TPSA) is 76.0 Å². The van der Waals surface area contributed by atoms with Gasteiger partial charge in [-0.05, 0) is 53.9 Å². The number of nitrogens with zero attached hydrogens (tertiary/aromatic N) is 2. The standard InChI is InChI=1S/C22H17FN4O2S/c1-24-21(28)14-4-2-5-16(12-14)25-22(29)18-13-27(17-9-7-15(23)8-10-17)26-20(18)19-6-3-11-30-19/h2-13H,1H3,(H,24,28)(H,25,29). The van der Waals surface area contributed by atoms with Gasteiger partial charge in [-0.1, -0.05) is 12.1 Å². The van der Waals surface area contributed by atoms with Gasteiger partial charge in [0.1, 0.15) is 11.5 Å². The maximum absolute atomic E-state index is 13.3. The molecule has 0 bridgehead atoms. The Morgan fingerprint density at radius 3 is 2.53 bits per heavy atom. The molecular weight excluding hydrogens is 403 g/mol. The van der Waals surface area contributed by atoms with Crippen LogP contribution in [0.15, 0.2) is 72.2 Å². The van der Waals surface area contributed by atoms with Gasteiger partial charge in [-0.15, -0.1) is 11.3 Å². The van der Waals surface area contributed by atoms with Gasteiger partial charge in [0.25, 0.3) is 11.8 Å². The summed E-state index contributed by atoms with van der Waals surface area (Å²) < 4.78 is 14.8. The lowest BCUT2D eigenvalue weighted by Gasteiger charge is -2.07. The lowest BCUT2D eigenvalue weighted by molar-refractivity contribution is 0.0961. The molecule has 0 saturated heterocycles. The Bertz CT molecular complexity index is 1200. The SMILES string of the molecule is CNC(=O)c1cccc(NC(=O)c2cn(-c3ccc(F)cc3)nc2-c2cccs2)c1. The Morgan fingerprint density at radius 2 is 1.83 bits per heavy atom. The van der Waals surface area contributed by atoms with E-state index < -0.39 is 0 Å². The predicted octanol–water partition coefficient (Wildman–Crippen LogP) is 4.35. The first kappa shape index (κ1) is 19.5. The number of carbonyl (C=O) groups excluding carboxylic acids is 2. The highest BCUT2D eigenvalue weighted by Crippen LogP contribution is 2.28. The zero-order valence-corrected chi connectivity index (χ0v) is 16.7. The Hall–Kier alpha value is -3.78. The second-order valence-corrected chi connectivity index (χ2v) is 7.35. The fraction of sp³-hybridized carbons (Fsp3) is 0.0455. The molecule has 0 unspecified atom stereocenters. The predicted molar refractivity (Wildman–Crippen MR) is 115 cm³/mol. The van der Waals surface area contributed by atoms with Crippen molar-refractivity contribution in [3.63, 3.8) is 0 Å². The summed E-state index contributed by atoms with van der Waals surface area (Å²) >= 11 is 1.47. The minimum absolute atomic E-state index is 0.241. The van der Waals surface area contributed by atoms with Crippen molar-refractivity contribution in [2.75, 3.05) is 12.4 Å². The van der Waals surface area contributed by atoms with E-state index in [2.05, 4.69) is 15.7 Å². The van der Waals surface area contributed by atoms with Crippen molar-refractivity contribution in [3.05, 3.63) is 89.2 Å². The lowest BCUT2D eigenvalue weighted by atomic mass is 10.1. The average Bonchev–Trinajstić information content (AvgIpc) is 3.44. The molecule has 2 aromatic heterocycles.